The lowest BCUT2D eigenvalue weighted by molar-refractivity contribution is -0.135. The monoisotopic (exact) mass is 498 g/mol. The molecule has 0 aliphatic carbocycles. The van der Waals surface area contributed by atoms with Crippen molar-refractivity contribution >= 4 is 34.5 Å². The molecule has 0 unspecified atom stereocenters. The van der Waals surface area contributed by atoms with Crippen molar-refractivity contribution in [2.45, 2.75) is 26.3 Å². The molecule has 0 radical (unpaired) electrons. The summed E-state index contributed by atoms with van der Waals surface area (Å²) in [6.45, 7) is 5.62. The van der Waals surface area contributed by atoms with E-state index in [2.05, 4.69) is 25.3 Å². The van der Waals surface area contributed by atoms with Gasteiger partial charge in [-0.05, 0) is 52.9 Å². The molecule has 3 heterocycles. The first-order valence-corrected chi connectivity index (χ1v) is 13.2. The lowest BCUT2D eigenvalue weighted by Crippen LogP contribution is -2.48. The summed E-state index contributed by atoms with van der Waals surface area (Å²) in [4.78, 5) is 32.2. The average Bonchev–Trinajstić information content (AvgIpc) is 3.53. The molecule has 180 valence electrons. The van der Waals surface area contributed by atoms with E-state index in [9.17, 15) is 9.59 Å². The number of para-hydroxylation sites is 2. The van der Waals surface area contributed by atoms with Crippen molar-refractivity contribution in [1.82, 2.24) is 9.80 Å². The fourth-order valence-electron chi connectivity index (χ4n) is 4.25. The van der Waals surface area contributed by atoms with Crippen molar-refractivity contribution in [1.29, 1.82) is 0 Å². The zero-order valence-corrected chi connectivity index (χ0v) is 21.4. The van der Waals surface area contributed by atoms with E-state index in [1.165, 1.54) is 16.2 Å². The van der Waals surface area contributed by atoms with E-state index in [0.717, 1.165) is 12.0 Å². The molecule has 0 fully saturated rings. The van der Waals surface area contributed by atoms with E-state index in [-0.39, 0.29) is 30.3 Å². The second-order valence-electron chi connectivity index (χ2n) is 8.67. The molecule has 0 saturated heterocycles. The maximum atomic E-state index is 13.6. The quantitative estimate of drug-likeness (QED) is 0.411. The Hall–Kier alpha value is -2.84. The van der Waals surface area contributed by atoms with Crippen LogP contribution in [0.25, 0.3) is 0 Å². The minimum Gasteiger partial charge on any atom is -0.493 e. The number of benzene rings is 1. The first-order chi connectivity index (χ1) is 16.5. The zero-order chi connectivity index (χ0) is 24.1. The largest absolute Gasteiger partial charge is 0.493 e. The van der Waals surface area contributed by atoms with Gasteiger partial charge < -0.3 is 19.3 Å². The van der Waals surface area contributed by atoms with Crippen LogP contribution >= 0.6 is 22.7 Å². The van der Waals surface area contributed by atoms with Crippen LogP contribution in [0.15, 0.2) is 53.2 Å². The number of nitrogens with zero attached hydrogens (tertiary/aromatic N) is 2. The summed E-state index contributed by atoms with van der Waals surface area (Å²) in [6, 6.07) is 13.1. The predicted molar refractivity (Wildman–Crippen MR) is 136 cm³/mol. The van der Waals surface area contributed by atoms with Gasteiger partial charge in [-0.3, -0.25) is 9.59 Å². The Morgan fingerprint density at radius 2 is 1.88 bits per heavy atom. The summed E-state index contributed by atoms with van der Waals surface area (Å²) in [6.07, 6.45) is 0.812. The van der Waals surface area contributed by atoms with Crippen LogP contribution in [-0.4, -0.2) is 55.0 Å². The number of rotatable bonds is 9. The molecule has 0 bridgehead atoms. The summed E-state index contributed by atoms with van der Waals surface area (Å²) in [5.41, 5.74) is 1.12. The van der Waals surface area contributed by atoms with E-state index < -0.39 is 0 Å². The first kappa shape index (κ1) is 24.3. The molecule has 3 aromatic rings. The second-order valence-corrected chi connectivity index (χ2v) is 10.6. The Balaban J connectivity index is 1.54. The van der Waals surface area contributed by atoms with Gasteiger partial charge in [-0.1, -0.05) is 32.0 Å². The molecule has 34 heavy (non-hydrogen) atoms. The number of thiophene rings is 2. The van der Waals surface area contributed by atoms with Crippen LogP contribution in [-0.2, 0) is 11.2 Å². The molecule has 1 aromatic carbocycles. The molecule has 0 saturated carbocycles. The molecule has 6 nitrogen and oxygen atoms in total. The minimum absolute atomic E-state index is 0.0551. The predicted octanol–water partition coefficient (Wildman–Crippen LogP) is 5.12. The van der Waals surface area contributed by atoms with Crippen LogP contribution in [0.5, 0.6) is 11.5 Å². The highest BCUT2D eigenvalue weighted by Gasteiger charge is 2.34. The SMILES string of the molecule is COc1ccccc1OC[C@@H]1c2ccsc2CCN1C(=O)CN(CC(C)C)C(=O)c1cccs1. The van der Waals surface area contributed by atoms with Gasteiger partial charge in [0.15, 0.2) is 11.5 Å². The molecule has 2 amide bonds. The number of ether oxygens (including phenoxy) is 2. The van der Waals surface area contributed by atoms with Crippen molar-refractivity contribution in [3.05, 3.63) is 68.5 Å². The van der Waals surface area contributed by atoms with Gasteiger partial charge in [-0.15, -0.1) is 22.7 Å². The lowest BCUT2D eigenvalue weighted by Gasteiger charge is -2.37. The van der Waals surface area contributed by atoms with Gasteiger partial charge in [0, 0.05) is 18.0 Å². The van der Waals surface area contributed by atoms with Gasteiger partial charge in [0.2, 0.25) is 5.91 Å². The molecule has 8 heteroatoms. The van der Waals surface area contributed by atoms with Crippen molar-refractivity contribution < 1.29 is 19.1 Å². The standard InChI is InChI=1S/C26H30N2O4S2/c1-18(2)15-27(26(30)24-9-6-13-33-24)16-25(29)28-12-10-23-19(11-14-34-23)20(28)17-32-22-8-5-4-7-21(22)31-3/h4-9,11,13-14,18,20H,10,12,15-17H2,1-3H3/t20-/m1/s1. The Morgan fingerprint density at radius 1 is 1.09 bits per heavy atom. The minimum atomic E-state index is -0.217. The number of hydrogen-bond donors (Lipinski definition) is 0. The highest BCUT2D eigenvalue weighted by molar-refractivity contribution is 7.12. The van der Waals surface area contributed by atoms with Crippen LogP contribution in [0.3, 0.4) is 0 Å². The third-order valence-corrected chi connectivity index (χ3v) is 7.67. The molecule has 1 aliphatic rings. The maximum Gasteiger partial charge on any atom is 0.264 e. The molecular weight excluding hydrogens is 468 g/mol. The Bertz CT molecular complexity index is 1110. The summed E-state index contributed by atoms with van der Waals surface area (Å²) < 4.78 is 11.6. The lowest BCUT2D eigenvalue weighted by atomic mass is 10.00. The number of carbonyl (C=O) groups excluding carboxylic acids is 2. The molecule has 4 rings (SSSR count). The number of methoxy groups -OCH3 is 1. The number of hydrogen-bond acceptors (Lipinski definition) is 6. The Morgan fingerprint density at radius 3 is 2.59 bits per heavy atom. The van der Waals surface area contributed by atoms with Gasteiger partial charge in [0.05, 0.1) is 18.0 Å². The van der Waals surface area contributed by atoms with E-state index in [1.807, 2.05) is 46.7 Å². The molecular formula is C26H30N2O4S2. The fourth-order valence-corrected chi connectivity index (χ4v) is 5.87. The second kappa shape index (κ2) is 11.1. The highest BCUT2D eigenvalue weighted by Crippen LogP contribution is 2.35. The van der Waals surface area contributed by atoms with Gasteiger partial charge >= 0.3 is 0 Å². The van der Waals surface area contributed by atoms with Crippen LogP contribution < -0.4 is 9.47 Å². The normalized spacial score (nSPS) is 15.2. The van der Waals surface area contributed by atoms with Crippen molar-refractivity contribution in [3.8, 4) is 11.5 Å². The molecule has 1 atom stereocenters. The summed E-state index contributed by atoms with van der Waals surface area (Å²) >= 11 is 3.12. The fraction of sp³-hybridized carbons (Fsp3) is 0.385. The van der Waals surface area contributed by atoms with Crippen LogP contribution in [0.1, 0.15) is 40.0 Å². The number of carbonyl (C=O) groups is 2. The molecule has 1 aliphatic heterocycles. The van der Waals surface area contributed by atoms with Crippen molar-refractivity contribution in [2.24, 2.45) is 5.92 Å². The Labute approximate surface area is 208 Å². The van der Waals surface area contributed by atoms with Gasteiger partial charge in [-0.2, -0.15) is 0 Å². The smallest absolute Gasteiger partial charge is 0.264 e. The van der Waals surface area contributed by atoms with Crippen molar-refractivity contribution in [2.75, 3.05) is 33.4 Å². The number of fused-ring (bicyclic) bond motifs is 1. The van der Waals surface area contributed by atoms with Gasteiger partial charge in [0.25, 0.3) is 5.91 Å². The number of amides is 2. The maximum absolute atomic E-state index is 13.6. The summed E-state index contributed by atoms with van der Waals surface area (Å²) in [7, 11) is 1.61. The third-order valence-electron chi connectivity index (χ3n) is 5.81. The first-order valence-electron chi connectivity index (χ1n) is 11.4. The zero-order valence-electron chi connectivity index (χ0n) is 19.7. The molecule has 0 N–H and O–H groups in total. The topological polar surface area (TPSA) is 59.1 Å². The average molecular weight is 499 g/mol. The van der Waals surface area contributed by atoms with Gasteiger partial charge in [-0.25, -0.2) is 0 Å². The van der Waals surface area contributed by atoms with Crippen LogP contribution in [0.4, 0.5) is 0 Å². The van der Waals surface area contributed by atoms with E-state index >= 15 is 0 Å². The van der Waals surface area contributed by atoms with Crippen LogP contribution in [0.2, 0.25) is 0 Å². The van der Waals surface area contributed by atoms with Crippen molar-refractivity contribution in [3.63, 3.8) is 0 Å². The van der Waals surface area contributed by atoms with Crippen LogP contribution in [0, 0.1) is 5.92 Å². The molecule has 0 spiro atoms. The van der Waals surface area contributed by atoms with E-state index in [1.54, 1.807) is 23.3 Å². The third kappa shape index (κ3) is 5.45. The highest BCUT2D eigenvalue weighted by atomic mass is 32.1. The summed E-state index contributed by atoms with van der Waals surface area (Å²) in [5, 5.41) is 3.96. The summed E-state index contributed by atoms with van der Waals surface area (Å²) in [5.74, 6) is 1.41. The van der Waals surface area contributed by atoms with E-state index in [4.69, 9.17) is 9.47 Å². The van der Waals surface area contributed by atoms with E-state index in [0.29, 0.717) is 36.1 Å². The van der Waals surface area contributed by atoms with Gasteiger partial charge in [0.1, 0.15) is 13.2 Å². The molecule has 2 aromatic heterocycles. The Kier molecular flexibility index (Phi) is 7.90.